The molecule has 1 aliphatic heterocycles. The molecule has 0 aliphatic carbocycles. The van der Waals surface area contributed by atoms with Crippen LogP contribution < -0.4 is 16.0 Å². The Bertz CT molecular complexity index is 1230. The van der Waals surface area contributed by atoms with Crippen molar-refractivity contribution in [3.05, 3.63) is 59.7 Å². The molecular weight excluding hydrogens is 422 g/mol. The molecule has 2 aromatic carbocycles. The minimum Gasteiger partial charge on any atom is -0.378 e. The number of benzene rings is 2. The summed E-state index contributed by atoms with van der Waals surface area (Å²) in [6, 6.07) is 14.2. The van der Waals surface area contributed by atoms with E-state index in [0.29, 0.717) is 34.0 Å². The number of aromatic nitrogens is 1. The summed E-state index contributed by atoms with van der Waals surface area (Å²) in [4.78, 5) is 6.91. The third-order valence-electron chi connectivity index (χ3n) is 5.41. The molecule has 0 fully saturated rings. The van der Waals surface area contributed by atoms with Gasteiger partial charge >= 0.3 is 0 Å². The maximum absolute atomic E-state index is 13.8. The summed E-state index contributed by atoms with van der Waals surface area (Å²) in [6.07, 6.45) is 0. The van der Waals surface area contributed by atoms with Crippen LogP contribution in [0.25, 0.3) is 10.9 Å². The molecule has 3 aromatic rings. The molecule has 0 saturated heterocycles. The Labute approximate surface area is 180 Å². The van der Waals surface area contributed by atoms with Gasteiger partial charge in [-0.2, -0.15) is 0 Å². The summed E-state index contributed by atoms with van der Waals surface area (Å²) in [5.41, 5.74) is 7.99. The highest BCUT2D eigenvalue weighted by molar-refractivity contribution is 7.91. The smallest absolute Gasteiger partial charge is 0.276 e. The van der Waals surface area contributed by atoms with Crippen molar-refractivity contribution in [1.82, 2.24) is 4.98 Å². The zero-order valence-corrected chi connectivity index (χ0v) is 17.9. The second-order valence-corrected chi connectivity index (χ2v) is 9.89. The van der Waals surface area contributed by atoms with E-state index in [-0.39, 0.29) is 12.3 Å². The monoisotopic (exact) mass is 446 g/mol. The zero-order chi connectivity index (χ0) is 22.2. The van der Waals surface area contributed by atoms with E-state index < -0.39 is 28.8 Å². The molecule has 0 spiro atoms. The van der Waals surface area contributed by atoms with E-state index >= 15 is 0 Å². The van der Waals surface area contributed by atoms with E-state index in [9.17, 15) is 17.2 Å². The van der Waals surface area contributed by atoms with Gasteiger partial charge in [0.1, 0.15) is 5.82 Å². The van der Waals surface area contributed by atoms with Gasteiger partial charge in [0.25, 0.3) is 5.92 Å². The van der Waals surface area contributed by atoms with Crippen molar-refractivity contribution in [2.24, 2.45) is 5.73 Å². The predicted molar refractivity (Wildman–Crippen MR) is 119 cm³/mol. The normalized spacial score (nSPS) is 16.1. The molecular formula is C22H24F2N4O2S. The number of fused-ring (bicyclic) bond motifs is 2. The summed E-state index contributed by atoms with van der Waals surface area (Å²) in [5.74, 6) is -2.57. The molecule has 1 aliphatic rings. The summed E-state index contributed by atoms with van der Waals surface area (Å²) >= 11 is 0. The van der Waals surface area contributed by atoms with Crippen LogP contribution >= 0.6 is 0 Å². The van der Waals surface area contributed by atoms with Crippen molar-refractivity contribution in [1.29, 1.82) is 0 Å². The van der Waals surface area contributed by atoms with Gasteiger partial charge in [0.2, 0.25) is 0 Å². The van der Waals surface area contributed by atoms with Crippen LogP contribution in [0.2, 0.25) is 0 Å². The largest absolute Gasteiger partial charge is 0.378 e. The molecule has 2 heterocycles. The van der Waals surface area contributed by atoms with E-state index in [1.54, 1.807) is 30.3 Å². The summed E-state index contributed by atoms with van der Waals surface area (Å²) in [5, 5.41) is 3.54. The quantitative estimate of drug-likeness (QED) is 0.625. The van der Waals surface area contributed by atoms with Crippen molar-refractivity contribution in [3.63, 3.8) is 0 Å². The first-order valence-corrected chi connectivity index (χ1v) is 11.6. The lowest BCUT2D eigenvalue weighted by molar-refractivity contribution is 0.0254. The predicted octanol–water partition coefficient (Wildman–Crippen LogP) is 3.34. The van der Waals surface area contributed by atoms with Crippen LogP contribution in [-0.4, -0.2) is 44.7 Å². The van der Waals surface area contributed by atoms with Gasteiger partial charge in [-0.25, -0.2) is 22.2 Å². The number of halogens is 2. The van der Waals surface area contributed by atoms with Crippen LogP contribution in [0.3, 0.4) is 0 Å². The van der Waals surface area contributed by atoms with Crippen molar-refractivity contribution < 1.29 is 17.2 Å². The summed E-state index contributed by atoms with van der Waals surface area (Å²) < 4.78 is 53.0. The molecule has 3 N–H and O–H groups in total. The van der Waals surface area contributed by atoms with Crippen molar-refractivity contribution >= 4 is 32.2 Å². The second kappa shape index (κ2) is 8.05. The minimum absolute atomic E-state index is 0.0500. The van der Waals surface area contributed by atoms with Gasteiger partial charge < -0.3 is 16.0 Å². The number of rotatable bonds is 5. The molecule has 0 atom stereocenters. The number of nitrogens with zero attached hydrogens (tertiary/aromatic N) is 2. The average Bonchev–Trinajstić information content (AvgIpc) is 2.88. The number of alkyl halides is 2. The van der Waals surface area contributed by atoms with Crippen molar-refractivity contribution in [2.75, 3.05) is 35.6 Å². The Balaban J connectivity index is 1.77. The van der Waals surface area contributed by atoms with Crippen molar-refractivity contribution in [3.8, 4) is 0 Å². The molecule has 0 saturated carbocycles. The van der Waals surface area contributed by atoms with Crippen LogP contribution in [0.5, 0.6) is 0 Å². The first-order valence-electron chi connectivity index (χ1n) is 9.97. The number of hydrogen-bond acceptors (Lipinski definition) is 6. The van der Waals surface area contributed by atoms with Gasteiger partial charge in [0, 0.05) is 30.2 Å². The first-order chi connectivity index (χ1) is 14.7. The summed E-state index contributed by atoms with van der Waals surface area (Å²) in [6.45, 7) is 1.17. The van der Waals surface area contributed by atoms with Gasteiger partial charge in [-0.05, 0) is 30.7 Å². The minimum atomic E-state index is -3.41. The first kappa shape index (κ1) is 21.5. The fraction of sp³-hybridized carbons (Fsp3) is 0.318. The van der Waals surface area contributed by atoms with Crippen LogP contribution in [0.1, 0.15) is 11.1 Å². The lowest BCUT2D eigenvalue weighted by atomic mass is 10.1. The number of nitrogens with two attached hydrogens (primary N) is 1. The number of nitrogens with one attached hydrogen (secondary N) is 1. The molecule has 0 amide bonds. The average molecular weight is 447 g/mol. The number of aryl methyl sites for hydroxylation is 1. The molecule has 31 heavy (non-hydrogen) atoms. The topological polar surface area (TPSA) is 88.3 Å². The Hall–Kier alpha value is -2.78. The maximum Gasteiger partial charge on any atom is 0.276 e. The summed E-state index contributed by atoms with van der Waals surface area (Å²) in [7, 11) is -3.41. The molecule has 1 aromatic heterocycles. The van der Waals surface area contributed by atoms with Crippen LogP contribution in [0.4, 0.5) is 20.3 Å². The fourth-order valence-electron chi connectivity index (χ4n) is 3.69. The maximum atomic E-state index is 13.8. The van der Waals surface area contributed by atoms with Gasteiger partial charge in [-0.1, -0.05) is 29.8 Å². The van der Waals surface area contributed by atoms with Gasteiger partial charge in [0.05, 0.1) is 29.3 Å². The van der Waals surface area contributed by atoms with E-state index in [2.05, 4.69) is 5.32 Å². The Morgan fingerprint density at radius 3 is 2.74 bits per heavy atom. The number of sulfone groups is 1. The molecule has 0 unspecified atom stereocenters. The molecule has 6 nitrogen and oxygen atoms in total. The SMILES string of the molecule is Cc1ccc2nc(N3CCS(=O)(=O)c4ccccc4C3)cc(NCC(F)(F)CN)c2c1. The molecule has 9 heteroatoms. The van der Waals surface area contributed by atoms with E-state index in [1.165, 1.54) is 0 Å². The lowest BCUT2D eigenvalue weighted by Crippen LogP contribution is -2.35. The highest BCUT2D eigenvalue weighted by Crippen LogP contribution is 2.31. The number of pyridine rings is 1. The van der Waals surface area contributed by atoms with Gasteiger partial charge in [0.15, 0.2) is 9.84 Å². The highest BCUT2D eigenvalue weighted by Gasteiger charge is 2.28. The van der Waals surface area contributed by atoms with E-state index in [4.69, 9.17) is 10.7 Å². The molecule has 0 radical (unpaired) electrons. The molecule has 4 rings (SSSR count). The third kappa shape index (κ3) is 4.47. The van der Waals surface area contributed by atoms with E-state index in [0.717, 1.165) is 10.9 Å². The van der Waals surface area contributed by atoms with Crippen LogP contribution in [0, 0.1) is 6.92 Å². The van der Waals surface area contributed by atoms with Gasteiger partial charge in [-0.15, -0.1) is 0 Å². The lowest BCUT2D eigenvalue weighted by Gasteiger charge is -2.24. The Morgan fingerprint density at radius 1 is 1.19 bits per heavy atom. The number of hydrogen-bond donors (Lipinski definition) is 2. The van der Waals surface area contributed by atoms with Crippen molar-refractivity contribution in [2.45, 2.75) is 24.3 Å². The fourth-order valence-corrected chi connectivity index (χ4v) is 5.19. The second-order valence-electron chi connectivity index (χ2n) is 7.81. The standard InChI is InChI=1S/C22H24F2N4O2S/c1-15-6-7-18-17(10-15)19(26-14-22(23,24)13-25)11-21(27-18)28-8-9-31(29,30)20-5-3-2-4-16(20)12-28/h2-7,10-11H,8-9,12-14,25H2,1H3,(H,26,27). The zero-order valence-electron chi connectivity index (χ0n) is 17.1. The molecule has 0 bridgehead atoms. The van der Waals surface area contributed by atoms with E-state index in [1.807, 2.05) is 30.0 Å². The number of anilines is 2. The van der Waals surface area contributed by atoms with Gasteiger partial charge in [-0.3, -0.25) is 0 Å². The Kier molecular flexibility index (Phi) is 5.57. The highest BCUT2D eigenvalue weighted by atomic mass is 32.2. The van der Waals surface area contributed by atoms with Crippen LogP contribution in [0.15, 0.2) is 53.4 Å². The Morgan fingerprint density at radius 2 is 1.97 bits per heavy atom. The van der Waals surface area contributed by atoms with Crippen LogP contribution in [-0.2, 0) is 16.4 Å². The third-order valence-corrected chi connectivity index (χ3v) is 7.20. The molecule has 164 valence electrons.